The van der Waals surface area contributed by atoms with Crippen LogP contribution in [0.15, 0.2) is 42.5 Å². The Morgan fingerprint density at radius 2 is 1.70 bits per heavy atom. The quantitative estimate of drug-likeness (QED) is 0.551. The van der Waals surface area contributed by atoms with Gasteiger partial charge in [-0.2, -0.15) is 4.57 Å². The molecule has 3 aromatic rings. The van der Waals surface area contributed by atoms with Crippen molar-refractivity contribution < 1.29 is 4.57 Å². The lowest BCUT2D eigenvalue weighted by Gasteiger charge is -2.11. The predicted octanol–water partition coefficient (Wildman–Crippen LogP) is 4.69. The Bertz CT molecular complexity index is 921. The number of anilines is 1. The van der Waals surface area contributed by atoms with E-state index in [1.165, 1.54) is 32.0 Å². The van der Waals surface area contributed by atoms with Crippen LogP contribution in [0.2, 0.25) is 0 Å². The molecule has 0 fully saturated rings. The molecule has 0 aliphatic carbocycles. The Morgan fingerprint density at radius 3 is 2.37 bits per heavy atom. The number of hydrogen-bond acceptors (Lipinski definition) is 3. The number of aryl methyl sites for hydroxylation is 2. The number of aromatic nitrogens is 1. The van der Waals surface area contributed by atoms with Crippen LogP contribution in [-0.2, 0) is 6.54 Å². The van der Waals surface area contributed by atoms with Crippen molar-refractivity contribution in [2.24, 2.45) is 0 Å². The van der Waals surface area contributed by atoms with Crippen LogP contribution in [-0.4, -0.2) is 39.6 Å². The van der Waals surface area contributed by atoms with Crippen LogP contribution in [0.3, 0.4) is 0 Å². The van der Waals surface area contributed by atoms with Crippen LogP contribution < -0.4 is 9.47 Å². The van der Waals surface area contributed by atoms with Gasteiger partial charge >= 0.3 is 0 Å². The summed E-state index contributed by atoms with van der Waals surface area (Å²) < 4.78 is 3.83. The smallest absolute Gasteiger partial charge is 0.262 e. The number of fused-ring (bicyclic) bond motifs is 1. The van der Waals surface area contributed by atoms with Crippen LogP contribution in [0.1, 0.15) is 22.6 Å². The van der Waals surface area contributed by atoms with Gasteiger partial charge in [-0.05, 0) is 56.4 Å². The van der Waals surface area contributed by atoms with E-state index in [0.29, 0.717) is 0 Å². The van der Waals surface area contributed by atoms with E-state index in [2.05, 4.69) is 104 Å². The minimum absolute atomic E-state index is 1.04. The molecule has 0 N–H and O–H groups in total. The maximum atomic E-state index is 2.47. The fraction of sp³-hybridized carbons (Fsp3) is 0.348. The number of benzene rings is 2. The Kier molecular flexibility index (Phi) is 6.30. The van der Waals surface area contributed by atoms with Crippen LogP contribution in [0, 0.1) is 6.92 Å². The molecule has 0 saturated carbocycles. The van der Waals surface area contributed by atoms with Gasteiger partial charge in [-0.15, -0.1) is 0 Å². The van der Waals surface area contributed by atoms with Crippen molar-refractivity contribution in [2.45, 2.75) is 19.9 Å². The van der Waals surface area contributed by atoms with Gasteiger partial charge in [0, 0.05) is 44.9 Å². The number of nitrogens with zero attached hydrogens (tertiary/aromatic N) is 3. The van der Waals surface area contributed by atoms with Gasteiger partial charge in [-0.1, -0.05) is 29.5 Å². The summed E-state index contributed by atoms with van der Waals surface area (Å²) in [6.45, 7) is 4.31. The van der Waals surface area contributed by atoms with Crippen molar-refractivity contribution in [1.29, 1.82) is 0 Å². The summed E-state index contributed by atoms with van der Waals surface area (Å²) in [4.78, 5) is 4.38. The highest BCUT2D eigenvalue weighted by atomic mass is 32.1. The molecule has 0 aliphatic rings. The topological polar surface area (TPSA) is 10.4 Å². The van der Waals surface area contributed by atoms with Crippen LogP contribution in [0.4, 0.5) is 5.69 Å². The maximum absolute atomic E-state index is 2.47. The lowest BCUT2D eigenvalue weighted by atomic mass is 10.2. The third-order valence-electron chi connectivity index (χ3n) is 4.70. The predicted molar refractivity (Wildman–Crippen MR) is 120 cm³/mol. The maximum Gasteiger partial charge on any atom is 0.262 e. The van der Waals surface area contributed by atoms with E-state index >= 15 is 0 Å². The normalized spacial score (nSPS) is 11.8. The fourth-order valence-electron chi connectivity index (χ4n) is 3.16. The first-order chi connectivity index (χ1) is 12.9. The zero-order valence-electron chi connectivity index (χ0n) is 17.1. The van der Waals surface area contributed by atoms with E-state index in [4.69, 9.17) is 0 Å². The third kappa shape index (κ3) is 4.96. The SMILES string of the molecule is Cc1ccc2sc(C=Cc3ccc(N(C)C)cc3)[n+](CCCN(C)C)c2c1. The highest BCUT2D eigenvalue weighted by Gasteiger charge is 2.18. The Morgan fingerprint density at radius 1 is 0.963 bits per heavy atom. The fourth-order valence-corrected chi connectivity index (χ4v) is 4.23. The van der Waals surface area contributed by atoms with Gasteiger partial charge < -0.3 is 9.80 Å². The lowest BCUT2D eigenvalue weighted by molar-refractivity contribution is -0.669. The highest BCUT2D eigenvalue weighted by Crippen LogP contribution is 2.24. The largest absolute Gasteiger partial charge is 0.378 e. The van der Waals surface area contributed by atoms with Crippen LogP contribution in [0.5, 0.6) is 0 Å². The van der Waals surface area contributed by atoms with Gasteiger partial charge in [-0.25, -0.2) is 0 Å². The van der Waals surface area contributed by atoms with Crippen LogP contribution in [0.25, 0.3) is 22.4 Å². The minimum atomic E-state index is 1.04. The number of thiazole rings is 1. The summed E-state index contributed by atoms with van der Waals surface area (Å²) in [5, 5.41) is 1.31. The molecule has 0 saturated heterocycles. The molecule has 0 aliphatic heterocycles. The van der Waals surface area contributed by atoms with Gasteiger partial charge in [0.15, 0.2) is 6.54 Å². The molecule has 0 unspecified atom stereocenters. The molecule has 2 aromatic carbocycles. The summed E-state index contributed by atoms with van der Waals surface area (Å²) in [6.07, 6.45) is 5.63. The van der Waals surface area contributed by atoms with Gasteiger partial charge in [0.2, 0.25) is 5.52 Å². The Hall–Kier alpha value is -2.17. The van der Waals surface area contributed by atoms with E-state index < -0.39 is 0 Å². The summed E-state index contributed by atoms with van der Waals surface area (Å²) in [6, 6.07) is 15.5. The van der Waals surface area contributed by atoms with E-state index in [1.54, 1.807) is 0 Å². The van der Waals surface area contributed by atoms with Crippen LogP contribution >= 0.6 is 11.3 Å². The van der Waals surface area contributed by atoms with Crippen molar-refractivity contribution in [2.75, 3.05) is 39.6 Å². The average molecular weight is 381 g/mol. The van der Waals surface area contributed by atoms with E-state index in [1.807, 2.05) is 11.3 Å². The second-order valence-corrected chi connectivity index (χ2v) is 8.60. The molecular formula is C23H30N3S+. The molecule has 4 heteroatoms. The average Bonchev–Trinajstić information content (AvgIpc) is 2.97. The second kappa shape index (κ2) is 8.68. The van der Waals surface area contributed by atoms with Crippen molar-refractivity contribution in [3.63, 3.8) is 0 Å². The molecular weight excluding hydrogens is 350 g/mol. The number of rotatable bonds is 7. The van der Waals surface area contributed by atoms with E-state index in [0.717, 1.165) is 19.5 Å². The molecule has 0 atom stereocenters. The first kappa shape index (κ1) is 19.6. The standard InChI is InChI=1S/C23H30N3S/c1-18-7-13-22-21(17-18)26(16-6-15-24(2)3)23(27-22)14-10-19-8-11-20(12-9-19)25(4)5/h7-14,17H,6,15-16H2,1-5H3/q+1. The molecule has 0 radical (unpaired) electrons. The monoisotopic (exact) mass is 380 g/mol. The second-order valence-electron chi connectivity index (χ2n) is 7.54. The minimum Gasteiger partial charge on any atom is -0.378 e. The molecule has 27 heavy (non-hydrogen) atoms. The molecule has 3 rings (SSSR count). The van der Waals surface area contributed by atoms with Crippen molar-refractivity contribution >= 4 is 39.4 Å². The zero-order chi connectivity index (χ0) is 19.4. The lowest BCUT2D eigenvalue weighted by Crippen LogP contribution is -2.36. The summed E-state index contributed by atoms with van der Waals surface area (Å²) in [5.74, 6) is 0. The highest BCUT2D eigenvalue weighted by molar-refractivity contribution is 7.18. The summed E-state index contributed by atoms with van der Waals surface area (Å²) >= 11 is 1.87. The Balaban J connectivity index is 1.89. The van der Waals surface area contributed by atoms with Gasteiger partial charge in [0.25, 0.3) is 5.01 Å². The molecule has 1 heterocycles. The van der Waals surface area contributed by atoms with Gasteiger partial charge in [0.05, 0.1) is 0 Å². The molecule has 1 aromatic heterocycles. The molecule has 0 spiro atoms. The van der Waals surface area contributed by atoms with Crippen molar-refractivity contribution in [3.8, 4) is 0 Å². The molecule has 0 amide bonds. The molecule has 142 valence electrons. The van der Waals surface area contributed by atoms with Crippen molar-refractivity contribution in [1.82, 2.24) is 4.90 Å². The summed E-state index contributed by atoms with van der Waals surface area (Å²) in [5.41, 5.74) is 5.12. The van der Waals surface area contributed by atoms with Gasteiger partial charge in [0.1, 0.15) is 4.70 Å². The first-order valence-electron chi connectivity index (χ1n) is 9.47. The number of hydrogen-bond donors (Lipinski definition) is 0. The molecule has 0 bridgehead atoms. The first-order valence-corrected chi connectivity index (χ1v) is 10.3. The molecule has 3 nitrogen and oxygen atoms in total. The van der Waals surface area contributed by atoms with E-state index in [-0.39, 0.29) is 0 Å². The van der Waals surface area contributed by atoms with E-state index in [9.17, 15) is 0 Å². The Labute approximate surface area is 167 Å². The summed E-state index contributed by atoms with van der Waals surface area (Å²) in [7, 11) is 8.42. The zero-order valence-corrected chi connectivity index (χ0v) is 17.9. The van der Waals surface area contributed by atoms with Crippen molar-refractivity contribution in [3.05, 3.63) is 58.6 Å². The third-order valence-corrected chi connectivity index (χ3v) is 5.83. The van der Waals surface area contributed by atoms with Gasteiger partial charge in [-0.3, -0.25) is 0 Å².